The van der Waals surface area contributed by atoms with Gasteiger partial charge in [-0.2, -0.15) is 0 Å². The summed E-state index contributed by atoms with van der Waals surface area (Å²) in [6.07, 6.45) is 4.48. The van der Waals surface area contributed by atoms with Crippen LogP contribution in [-0.2, 0) is 14.3 Å². The van der Waals surface area contributed by atoms with Crippen LogP contribution in [0.3, 0.4) is 0 Å². The second kappa shape index (κ2) is 13.1. The summed E-state index contributed by atoms with van der Waals surface area (Å²) in [5.41, 5.74) is 0.938. The van der Waals surface area contributed by atoms with Crippen LogP contribution < -0.4 is 10.6 Å². The van der Waals surface area contributed by atoms with Crippen LogP contribution in [0, 0.1) is 11.6 Å². The van der Waals surface area contributed by atoms with E-state index in [2.05, 4.69) is 15.5 Å². The lowest BCUT2D eigenvalue weighted by Crippen LogP contribution is -2.56. The van der Waals surface area contributed by atoms with Gasteiger partial charge in [0.15, 0.2) is 11.6 Å². The van der Waals surface area contributed by atoms with Crippen molar-refractivity contribution in [2.75, 3.05) is 33.9 Å². The molecule has 2 fully saturated rings. The van der Waals surface area contributed by atoms with Gasteiger partial charge in [0.1, 0.15) is 11.8 Å². The highest BCUT2D eigenvalue weighted by Gasteiger charge is 2.44. The third-order valence-electron chi connectivity index (χ3n) is 8.64. The Morgan fingerprint density at radius 1 is 1.05 bits per heavy atom. The molecule has 0 aromatic heterocycles. The molecule has 10 nitrogen and oxygen atoms in total. The van der Waals surface area contributed by atoms with Gasteiger partial charge < -0.3 is 25.2 Å². The van der Waals surface area contributed by atoms with Crippen molar-refractivity contribution in [2.45, 2.75) is 56.1 Å². The summed E-state index contributed by atoms with van der Waals surface area (Å²) >= 11 is 0. The Bertz CT molecular complexity index is 1410. The molecule has 2 atom stereocenters. The number of halogens is 2. The summed E-state index contributed by atoms with van der Waals surface area (Å²) in [7, 11) is 2.51. The number of aromatic hydroxyl groups is 1. The third-order valence-corrected chi connectivity index (χ3v) is 8.64. The van der Waals surface area contributed by atoms with Crippen LogP contribution in [-0.4, -0.2) is 78.9 Å². The molecule has 0 radical (unpaired) electrons. The molecule has 230 valence electrons. The molecule has 0 spiro atoms. The number of carbonyl (C=O) groups excluding carboxylic acids is 3. The number of likely N-dealkylation sites (tertiary alicyclic amines) is 1. The molecule has 1 saturated carbocycles. The average molecular weight is 599 g/mol. The summed E-state index contributed by atoms with van der Waals surface area (Å²) < 4.78 is 38.2. The minimum absolute atomic E-state index is 0.0205. The van der Waals surface area contributed by atoms with E-state index in [-0.39, 0.29) is 29.5 Å². The summed E-state index contributed by atoms with van der Waals surface area (Å²) in [4.78, 5) is 43.0. The van der Waals surface area contributed by atoms with Gasteiger partial charge in [-0.15, -0.1) is 0 Å². The number of amides is 4. The number of para-hydroxylation sites is 1. The predicted molar refractivity (Wildman–Crippen MR) is 152 cm³/mol. The highest BCUT2D eigenvalue weighted by molar-refractivity contribution is 6.01. The fourth-order valence-corrected chi connectivity index (χ4v) is 6.54. The van der Waals surface area contributed by atoms with Crippen molar-refractivity contribution in [1.29, 1.82) is 0 Å². The van der Waals surface area contributed by atoms with E-state index in [9.17, 15) is 28.3 Å². The van der Waals surface area contributed by atoms with Crippen LogP contribution in [0.5, 0.6) is 5.75 Å². The van der Waals surface area contributed by atoms with Gasteiger partial charge in [0.2, 0.25) is 0 Å². The van der Waals surface area contributed by atoms with E-state index in [0.29, 0.717) is 30.7 Å². The molecule has 2 aromatic carbocycles. The summed E-state index contributed by atoms with van der Waals surface area (Å²) in [6, 6.07) is 7.47. The maximum absolute atomic E-state index is 14.3. The fourth-order valence-electron chi connectivity index (χ4n) is 6.54. The van der Waals surface area contributed by atoms with Gasteiger partial charge in [0.25, 0.3) is 0 Å². The number of rotatable bonds is 7. The summed E-state index contributed by atoms with van der Waals surface area (Å²) in [5, 5.41) is 15.7. The SMILES string of the molecule is COCC1=C(C(=O)OC)[C@H](c2ccc(F)c(F)c2)N(C(=O)N[C@@H]2CCN([C@H]3CC[C@@H](c4ccccc4O)CC3)C2)C(=O)N1. The van der Waals surface area contributed by atoms with E-state index in [4.69, 9.17) is 9.47 Å². The Hall–Kier alpha value is -4.03. The molecule has 2 aromatic rings. The molecule has 2 aliphatic heterocycles. The van der Waals surface area contributed by atoms with Crippen molar-refractivity contribution in [1.82, 2.24) is 20.4 Å². The van der Waals surface area contributed by atoms with Gasteiger partial charge in [0, 0.05) is 32.3 Å². The molecule has 12 heteroatoms. The molecular formula is C31H36F2N4O6. The van der Waals surface area contributed by atoms with Gasteiger partial charge in [-0.3, -0.25) is 4.90 Å². The van der Waals surface area contributed by atoms with Gasteiger partial charge in [-0.05, 0) is 67.3 Å². The monoisotopic (exact) mass is 598 g/mol. The zero-order valence-corrected chi connectivity index (χ0v) is 24.1. The highest BCUT2D eigenvalue weighted by Crippen LogP contribution is 2.39. The molecule has 3 aliphatic rings. The lowest BCUT2D eigenvalue weighted by atomic mass is 9.81. The maximum Gasteiger partial charge on any atom is 0.338 e. The maximum atomic E-state index is 14.3. The van der Waals surface area contributed by atoms with E-state index in [1.165, 1.54) is 13.2 Å². The zero-order chi connectivity index (χ0) is 30.7. The quantitative estimate of drug-likeness (QED) is 0.406. The number of phenolic OH excluding ortho intramolecular Hbond substituents is 1. The van der Waals surface area contributed by atoms with Crippen LogP contribution >= 0.6 is 0 Å². The molecule has 43 heavy (non-hydrogen) atoms. The minimum Gasteiger partial charge on any atom is -0.508 e. The topological polar surface area (TPSA) is 120 Å². The number of imide groups is 1. The standard InChI is InChI=1S/C31H36F2N4O6/c1-42-17-25-27(29(39)43-2)28(19-9-12-23(32)24(33)15-19)37(31(41)35-25)30(40)34-20-13-14-36(16-20)21-10-7-18(8-11-21)22-5-3-4-6-26(22)38/h3-6,9,12,15,18,20-21,28,38H,7-8,10-11,13-14,16-17H2,1-2H3,(H,34,40)(H,35,41)/t18-,20-,21+,28+/m1/s1. The minimum atomic E-state index is -1.39. The van der Waals surface area contributed by atoms with Crippen molar-refractivity contribution >= 4 is 18.0 Å². The van der Waals surface area contributed by atoms with Crippen molar-refractivity contribution in [3.8, 4) is 5.75 Å². The normalized spacial score (nSPS) is 24.6. The molecule has 2 heterocycles. The van der Waals surface area contributed by atoms with E-state index in [1.54, 1.807) is 6.07 Å². The van der Waals surface area contributed by atoms with Gasteiger partial charge in [-0.1, -0.05) is 24.3 Å². The van der Waals surface area contributed by atoms with Gasteiger partial charge in [-0.25, -0.2) is 28.1 Å². The van der Waals surface area contributed by atoms with Crippen LogP contribution in [0.2, 0.25) is 0 Å². The Balaban J connectivity index is 1.31. The average Bonchev–Trinajstić information content (AvgIpc) is 3.46. The zero-order valence-electron chi connectivity index (χ0n) is 24.1. The Morgan fingerprint density at radius 2 is 1.79 bits per heavy atom. The lowest BCUT2D eigenvalue weighted by Gasteiger charge is -2.37. The van der Waals surface area contributed by atoms with Crippen molar-refractivity contribution < 1.29 is 37.7 Å². The number of esters is 1. The first-order valence-electron chi connectivity index (χ1n) is 14.4. The molecular weight excluding hydrogens is 562 g/mol. The molecule has 0 unspecified atom stereocenters. The number of hydrogen-bond acceptors (Lipinski definition) is 7. The second-order valence-corrected chi connectivity index (χ2v) is 11.2. The number of benzene rings is 2. The van der Waals surface area contributed by atoms with Crippen molar-refractivity contribution in [3.05, 3.63) is 76.5 Å². The van der Waals surface area contributed by atoms with Gasteiger partial charge in [0.05, 0.1) is 25.0 Å². The second-order valence-electron chi connectivity index (χ2n) is 11.2. The number of nitrogens with one attached hydrogen (secondary N) is 2. The van der Waals surface area contributed by atoms with E-state index in [0.717, 1.165) is 61.9 Å². The number of nitrogens with zero attached hydrogens (tertiary/aromatic N) is 2. The first-order chi connectivity index (χ1) is 20.7. The number of carbonyl (C=O) groups is 3. The van der Waals surface area contributed by atoms with E-state index >= 15 is 0 Å². The molecule has 5 rings (SSSR count). The lowest BCUT2D eigenvalue weighted by molar-refractivity contribution is -0.137. The van der Waals surface area contributed by atoms with Crippen LogP contribution in [0.1, 0.15) is 55.2 Å². The number of urea groups is 2. The smallest absolute Gasteiger partial charge is 0.338 e. The van der Waals surface area contributed by atoms with E-state index < -0.39 is 35.7 Å². The van der Waals surface area contributed by atoms with Crippen molar-refractivity contribution in [2.24, 2.45) is 0 Å². The summed E-state index contributed by atoms with van der Waals surface area (Å²) in [6.45, 7) is 1.16. The Kier molecular flexibility index (Phi) is 9.26. The number of ether oxygens (including phenoxy) is 2. The molecule has 1 saturated heterocycles. The third kappa shape index (κ3) is 6.35. The molecule has 0 bridgehead atoms. The molecule has 3 N–H and O–H groups in total. The first-order valence-corrected chi connectivity index (χ1v) is 14.4. The number of methoxy groups -OCH3 is 2. The van der Waals surface area contributed by atoms with E-state index in [1.807, 2.05) is 18.2 Å². The largest absolute Gasteiger partial charge is 0.508 e. The highest BCUT2D eigenvalue weighted by atomic mass is 19.2. The summed E-state index contributed by atoms with van der Waals surface area (Å²) in [5.74, 6) is -2.52. The Labute approximate surface area is 248 Å². The van der Waals surface area contributed by atoms with Crippen LogP contribution in [0.15, 0.2) is 53.7 Å². The molecule has 4 amide bonds. The van der Waals surface area contributed by atoms with Crippen LogP contribution in [0.25, 0.3) is 0 Å². The Morgan fingerprint density at radius 3 is 2.47 bits per heavy atom. The first kappa shape index (κ1) is 30.4. The fraction of sp³-hybridized carbons (Fsp3) is 0.452. The van der Waals surface area contributed by atoms with Crippen LogP contribution in [0.4, 0.5) is 18.4 Å². The van der Waals surface area contributed by atoms with Gasteiger partial charge >= 0.3 is 18.0 Å². The molecule has 1 aliphatic carbocycles. The number of phenols is 1. The number of hydrogen-bond donors (Lipinski definition) is 3. The van der Waals surface area contributed by atoms with Crippen molar-refractivity contribution in [3.63, 3.8) is 0 Å². The predicted octanol–water partition coefficient (Wildman–Crippen LogP) is 4.32.